The Bertz CT molecular complexity index is 952. The minimum Gasteiger partial charge on any atom is -0.381 e. The molecule has 1 saturated heterocycles. The van der Waals surface area contributed by atoms with Crippen molar-refractivity contribution in [3.63, 3.8) is 0 Å². The Kier molecular flexibility index (Phi) is 5.59. The first-order valence-electron chi connectivity index (χ1n) is 8.45. The highest BCUT2D eigenvalue weighted by atomic mass is 32.2. The lowest BCUT2D eigenvalue weighted by Gasteiger charge is -2.22. The molecule has 0 bridgehead atoms. The maximum atomic E-state index is 14.4. The van der Waals surface area contributed by atoms with Gasteiger partial charge < -0.3 is 9.30 Å². The second-order valence-corrected chi connectivity index (χ2v) is 8.45. The van der Waals surface area contributed by atoms with Gasteiger partial charge >= 0.3 is 0 Å². The Morgan fingerprint density at radius 1 is 1.33 bits per heavy atom. The van der Waals surface area contributed by atoms with Crippen LogP contribution in [0.2, 0.25) is 0 Å². The Morgan fingerprint density at radius 2 is 2.04 bits per heavy atom. The molecule has 146 valence electrons. The van der Waals surface area contributed by atoms with Crippen molar-refractivity contribution < 1.29 is 22.3 Å². The minimum atomic E-state index is -3.77. The number of amides is 1. The number of sulfonamides is 1. The third kappa shape index (κ3) is 4.34. The van der Waals surface area contributed by atoms with Gasteiger partial charge in [0.15, 0.2) is 0 Å². The van der Waals surface area contributed by atoms with Crippen molar-refractivity contribution >= 4 is 15.9 Å². The predicted octanol–water partition coefficient (Wildman–Crippen LogP) is 1.28. The van der Waals surface area contributed by atoms with Crippen LogP contribution >= 0.6 is 0 Å². The molecule has 1 fully saturated rings. The molecule has 0 unspecified atom stereocenters. The van der Waals surface area contributed by atoms with Crippen LogP contribution in [-0.2, 0) is 21.8 Å². The molecule has 0 atom stereocenters. The summed E-state index contributed by atoms with van der Waals surface area (Å²) in [6.45, 7) is 2.23. The van der Waals surface area contributed by atoms with Crippen LogP contribution in [0.1, 0.15) is 28.8 Å². The van der Waals surface area contributed by atoms with Crippen LogP contribution in [0.15, 0.2) is 24.7 Å². The van der Waals surface area contributed by atoms with Crippen molar-refractivity contribution in [2.75, 3.05) is 13.2 Å². The highest BCUT2D eigenvalue weighted by molar-refractivity contribution is 7.90. The number of hydrogen-bond donors (Lipinski definition) is 2. The summed E-state index contributed by atoms with van der Waals surface area (Å²) in [6.07, 6.45) is 4.01. The van der Waals surface area contributed by atoms with Crippen LogP contribution in [0.25, 0.3) is 11.3 Å². The number of carbonyl (C=O) groups excluding carboxylic acids is 1. The van der Waals surface area contributed by atoms with E-state index in [1.165, 1.54) is 13.0 Å². The summed E-state index contributed by atoms with van der Waals surface area (Å²) in [5.41, 5.74) is 3.25. The Labute approximate surface area is 156 Å². The lowest BCUT2D eigenvalue weighted by molar-refractivity contribution is 0.0934. The van der Waals surface area contributed by atoms with E-state index in [0.717, 1.165) is 0 Å². The number of imidazole rings is 1. The largest absolute Gasteiger partial charge is 0.381 e. The standard InChI is InChI=1S/C17H21FN4O4S/c1-11-7-12(15-9-22(2)10-19-15)8-14(16(11)18)17(23)20-21-27(24,25)13-3-5-26-6-4-13/h7-10,13,21H,3-6H2,1-2H3,(H,20,23). The Balaban J connectivity index is 1.79. The smallest absolute Gasteiger partial charge is 0.269 e. The summed E-state index contributed by atoms with van der Waals surface area (Å²) in [7, 11) is -1.97. The fraction of sp³-hybridized carbons (Fsp3) is 0.412. The van der Waals surface area contributed by atoms with Gasteiger partial charge in [0.2, 0.25) is 10.0 Å². The molecule has 27 heavy (non-hydrogen) atoms. The zero-order valence-corrected chi connectivity index (χ0v) is 15.8. The van der Waals surface area contributed by atoms with E-state index in [1.54, 1.807) is 30.2 Å². The van der Waals surface area contributed by atoms with Gasteiger partial charge in [-0.1, -0.05) is 0 Å². The quantitative estimate of drug-likeness (QED) is 0.741. The van der Waals surface area contributed by atoms with E-state index in [2.05, 4.69) is 15.2 Å². The highest BCUT2D eigenvalue weighted by Gasteiger charge is 2.28. The molecule has 0 aliphatic carbocycles. The summed E-state index contributed by atoms with van der Waals surface area (Å²) in [5, 5.41) is -0.655. The molecule has 0 radical (unpaired) electrons. The van der Waals surface area contributed by atoms with E-state index in [0.29, 0.717) is 37.3 Å². The maximum absolute atomic E-state index is 14.4. The number of hydrazine groups is 1. The molecule has 1 aromatic carbocycles. The third-order valence-electron chi connectivity index (χ3n) is 4.41. The van der Waals surface area contributed by atoms with E-state index in [4.69, 9.17) is 4.74 Å². The summed E-state index contributed by atoms with van der Waals surface area (Å²) < 4.78 is 45.9. The molecule has 0 spiro atoms. The number of carbonyl (C=O) groups is 1. The zero-order chi connectivity index (χ0) is 19.6. The van der Waals surface area contributed by atoms with Crippen LogP contribution in [0.4, 0.5) is 4.39 Å². The van der Waals surface area contributed by atoms with Gasteiger partial charge in [-0.15, -0.1) is 4.83 Å². The summed E-state index contributed by atoms with van der Waals surface area (Å²) in [4.78, 5) is 18.7. The van der Waals surface area contributed by atoms with Gasteiger partial charge in [-0.2, -0.15) is 0 Å². The lowest BCUT2D eigenvalue weighted by atomic mass is 10.0. The number of benzene rings is 1. The van der Waals surface area contributed by atoms with Crippen molar-refractivity contribution in [2.45, 2.75) is 25.0 Å². The molecule has 2 N–H and O–H groups in total. The van der Waals surface area contributed by atoms with Crippen molar-refractivity contribution in [1.29, 1.82) is 0 Å². The fourth-order valence-corrected chi connectivity index (χ4v) is 4.11. The van der Waals surface area contributed by atoms with E-state index < -0.39 is 27.0 Å². The molecular formula is C17H21FN4O4S. The fourth-order valence-electron chi connectivity index (χ4n) is 2.90. The SMILES string of the molecule is Cc1cc(-c2cn(C)cn2)cc(C(=O)NNS(=O)(=O)C2CCOCC2)c1F. The van der Waals surface area contributed by atoms with E-state index in [9.17, 15) is 17.6 Å². The topological polar surface area (TPSA) is 102 Å². The van der Waals surface area contributed by atoms with Crippen molar-refractivity contribution in [3.05, 3.63) is 41.6 Å². The zero-order valence-electron chi connectivity index (χ0n) is 15.0. The number of aromatic nitrogens is 2. The second kappa shape index (κ2) is 7.75. The number of rotatable bonds is 5. The van der Waals surface area contributed by atoms with Crippen LogP contribution in [0.3, 0.4) is 0 Å². The van der Waals surface area contributed by atoms with Gasteiger partial charge in [-0.05, 0) is 37.5 Å². The average molecular weight is 396 g/mol. The van der Waals surface area contributed by atoms with Crippen LogP contribution < -0.4 is 10.3 Å². The Morgan fingerprint density at radius 3 is 2.67 bits per heavy atom. The monoisotopic (exact) mass is 396 g/mol. The first kappa shape index (κ1) is 19.5. The van der Waals surface area contributed by atoms with Crippen LogP contribution in [0.5, 0.6) is 0 Å². The summed E-state index contributed by atoms with van der Waals surface area (Å²) >= 11 is 0. The number of hydrogen-bond acceptors (Lipinski definition) is 5. The first-order valence-corrected chi connectivity index (χ1v) is 10.00. The molecule has 1 aliphatic rings. The lowest BCUT2D eigenvalue weighted by Crippen LogP contribution is -2.47. The van der Waals surface area contributed by atoms with Gasteiger partial charge in [0, 0.05) is 32.0 Å². The molecular weight excluding hydrogens is 375 g/mol. The average Bonchev–Trinajstić information content (AvgIpc) is 3.09. The van der Waals surface area contributed by atoms with Gasteiger partial charge in [-0.25, -0.2) is 17.8 Å². The second-order valence-electron chi connectivity index (χ2n) is 6.49. The molecule has 0 saturated carbocycles. The van der Waals surface area contributed by atoms with Crippen molar-refractivity contribution in [3.8, 4) is 11.3 Å². The Hall–Kier alpha value is -2.30. The molecule has 1 aromatic heterocycles. The van der Waals surface area contributed by atoms with Crippen molar-refractivity contribution in [1.82, 2.24) is 19.8 Å². The highest BCUT2D eigenvalue weighted by Crippen LogP contribution is 2.23. The molecule has 1 amide bonds. The number of nitrogens with zero attached hydrogens (tertiary/aromatic N) is 2. The van der Waals surface area contributed by atoms with E-state index in [1.807, 2.05) is 0 Å². The first-order chi connectivity index (χ1) is 12.8. The summed E-state index contributed by atoms with van der Waals surface area (Å²) in [5.74, 6) is -1.58. The predicted molar refractivity (Wildman–Crippen MR) is 96.7 cm³/mol. The van der Waals surface area contributed by atoms with Gasteiger partial charge in [-0.3, -0.25) is 10.2 Å². The number of nitrogens with one attached hydrogen (secondary N) is 2. The molecule has 2 aromatic rings. The molecule has 3 rings (SSSR count). The molecule has 1 aliphatic heterocycles. The van der Waals surface area contributed by atoms with Gasteiger partial charge in [0.1, 0.15) is 5.82 Å². The normalized spacial score (nSPS) is 15.7. The third-order valence-corrected chi connectivity index (χ3v) is 6.15. The number of aryl methyl sites for hydroxylation is 2. The van der Waals surface area contributed by atoms with Crippen molar-refractivity contribution in [2.24, 2.45) is 7.05 Å². The van der Waals surface area contributed by atoms with Crippen LogP contribution in [0, 0.1) is 12.7 Å². The number of halogens is 1. The van der Waals surface area contributed by atoms with Gasteiger partial charge in [0.25, 0.3) is 5.91 Å². The molecule has 8 nitrogen and oxygen atoms in total. The van der Waals surface area contributed by atoms with Gasteiger partial charge in [0.05, 0.1) is 22.8 Å². The number of ether oxygens (including phenoxy) is 1. The summed E-state index contributed by atoms with van der Waals surface area (Å²) in [6, 6.07) is 2.93. The van der Waals surface area contributed by atoms with Crippen LogP contribution in [-0.4, -0.2) is 42.3 Å². The minimum absolute atomic E-state index is 0.259. The maximum Gasteiger partial charge on any atom is 0.269 e. The molecule has 2 heterocycles. The van der Waals surface area contributed by atoms with E-state index >= 15 is 0 Å². The molecule has 10 heteroatoms. The van der Waals surface area contributed by atoms with E-state index in [-0.39, 0.29) is 11.1 Å².